The molecule has 2 heterocycles. The van der Waals surface area contributed by atoms with Crippen LogP contribution in [0.5, 0.6) is 0 Å². The molecule has 1 atom stereocenters. The second-order valence-electron chi connectivity index (χ2n) is 9.12. The van der Waals surface area contributed by atoms with E-state index >= 15 is 0 Å². The largest absolute Gasteiger partial charge is 0.359 e. The Morgan fingerprint density at radius 1 is 1.03 bits per heavy atom. The molecule has 4 rings (SSSR count). The van der Waals surface area contributed by atoms with Gasteiger partial charge in [0.2, 0.25) is 5.91 Å². The monoisotopic (exact) mass is 435 g/mol. The van der Waals surface area contributed by atoms with Gasteiger partial charge in [0, 0.05) is 39.4 Å². The summed E-state index contributed by atoms with van der Waals surface area (Å²) >= 11 is 0. The molecule has 0 aliphatic carbocycles. The van der Waals surface area contributed by atoms with Crippen LogP contribution in [0.4, 0.5) is 5.69 Å². The van der Waals surface area contributed by atoms with Crippen LogP contribution in [0.15, 0.2) is 60.7 Å². The van der Waals surface area contributed by atoms with Crippen LogP contribution in [0, 0.1) is 0 Å². The van der Waals surface area contributed by atoms with E-state index in [1.54, 1.807) is 14.1 Å². The number of para-hydroxylation sites is 1. The van der Waals surface area contributed by atoms with Gasteiger partial charge in [0.1, 0.15) is 6.10 Å². The molecule has 2 aromatic rings. The molecule has 0 bridgehead atoms. The normalized spacial score (nSPS) is 21.0. The molecule has 2 aromatic carbocycles. The lowest BCUT2D eigenvalue weighted by molar-refractivity contribution is -0.169. The fourth-order valence-electron chi connectivity index (χ4n) is 4.62. The highest BCUT2D eigenvalue weighted by atomic mass is 16.5. The summed E-state index contributed by atoms with van der Waals surface area (Å²) in [7, 11) is 3.43. The molecule has 32 heavy (non-hydrogen) atoms. The lowest BCUT2D eigenvalue weighted by Crippen LogP contribution is -2.62. The highest BCUT2D eigenvalue weighted by Crippen LogP contribution is 2.36. The Kier molecular flexibility index (Phi) is 6.92. The summed E-state index contributed by atoms with van der Waals surface area (Å²) in [6.45, 7) is 3.41. The fourth-order valence-corrected chi connectivity index (χ4v) is 4.62. The highest BCUT2D eigenvalue weighted by Gasteiger charge is 2.47. The van der Waals surface area contributed by atoms with E-state index in [1.807, 2.05) is 41.3 Å². The Hall–Kier alpha value is -2.70. The topological polar surface area (TPSA) is 53.1 Å². The van der Waals surface area contributed by atoms with Crippen LogP contribution in [0.3, 0.4) is 0 Å². The van der Waals surface area contributed by atoms with E-state index in [2.05, 4.69) is 29.2 Å². The van der Waals surface area contributed by atoms with Crippen molar-refractivity contribution in [2.45, 2.75) is 37.4 Å². The zero-order valence-corrected chi connectivity index (χ0v) is 19.1. The van der Waals surface area contributed by atoms with Crippen LogP contribution in [0.25, 0.3) is 0 Å². The molecule has 170 valence electrons. The number of piperidine rings is 1. The van der Waals surface area contributed by atoms with Gasteiger partial charge in [-0.1, -0.05) is 48.5 Å². The van der Waals surface area contributed by atoms with Crippen molar-refractivity contribution in [3.05, 3.63) is 66.2 Å². The third-order valence-corrected chi connectivity index (χ3v) is 6.63. The average Bonchev–Trinajstić information content (AvgIpc) is 2.82. The van der Waals surface area contributed by atoms with E-state index in [-0.39, 0.29) is 18.2 Å². The Morgan fingerprint density at radius 2 is 1.66 bits per heavy atom. The van der Waals surface area contributed by atoms with Crippen molar-refractivity contribution in [2.75, 3.05) is 45.2 Å². The van der Waals surface area contributed by atoms with Gasteiger partial charge in [-0.3, -0.25) is 9.59 Å². The SMILES string of the molecule is CN(C)C(=O)CC1OC2(CCN(CCc3ccccc3)CC2)CN(c2ccccc2)C1=O. The predicted molar refractivity (Wildman–Crippen MR) is 126 cm³/mol. The Morgan fingerprint density at radius 3 is 2.28 bits per heavy atom. The van der Waals surface area contributed by atoms with Gasteiger partial charge < -0.3 is 19.4 Å². The molecular formula is C26H33N3O3. The van der Waals surface area contributed by atoms with Crippen LogP contribution in [-0.4, -0.2) is 73.6 Å². The third-order valence-electron chi connectivity index (χ3n) is 6.63. The number of benzene rings is 2. The Balaban J connectivity index is 1.46. The summed E-state index contributed by atoms with van der Waals surface area (Å²) in [4.78, 5) is 31.5. The van der Waals surface area contributed by atoms with Crippen molar-refractivity contribution >= 4 is 17.5 Å². The second-order valence-corrected chi connectivity index (χ2v) is 9.12. The number of amides is 2. The number of morpholine rings is 1. The van der Waals surface area contributed by atoms with Crippen LogP contribution >= 0.6 is 0 Å². The predicted octanol–water partition coefficient (Wildman–Crippen LogP) is 2.97. The molecule has 6 heteroatoms. The van der Waals surface area contributed by atoms with Gasteiger partial charge in [-0.05, 0) is 37.0 Å². The minimum atomic E-state index is -0.741. The maximum Gasteiger partial charge on any atom is 0.256 e. The van der Waals surface area contributed by atoms with Crippen LogP contribution in [0.1, 0.15) is 24.8 Å². The van der Waals surface area contributed by atoms with E-state index in [0.717, 1.165) is 44.6 Å². The van der Waals surface area contributed by atoms with E-state index < -0.39 is 11.7 Å². The average molecular weight is 436 g/mol. The van der Waals surface area contributed by atoms with Crippen LogP contribution < -0.4 is 4.90 Å². The number of rotatable bonds is 6. The molecule has 1 unspecified atom stereocenters. The Bertz CT molecular complexity index is 908. The first kappa shape index (κ1) is 22.5. The first-order chi connectivity index (χ1) is 15.5. The van der Waals surface area contributed by atoms with Crippen molar-refractivity contribution in [3.8, 4) is 0 Å². The molecule has 6 nitrogen and oxygen atoms in total. The third kappa shape index (κ3) is 5.19. The molecule has 0 saturated carbocycles. The number of carbonyl (C=O) groups is 2. The van der Waals surface area contributed by atoms with Gasteiger partial charge in [0.25, 0.3) is 5.91 Å². The van der Waals surface area contributed by atoms with Gasteiger partial charge >= 0.3 is 0 Å². The number of carbonyl (C=O) groups excluding carboxylic acids is 2. The van der Waals surface area contributed by atoms with Crippen molar-refractivity contribution in [3.63, 3.8) is 0 Å². The first-order valence-corrected chi connectivity index (χ1v) is 11.5. The summed E-state index contributed by atoms with van der Waals surface area (Å²) in [6, 6.07) is 20.3. The number of hydrogen-bond donors (Lipinski definition) is 0. The zero-order chi connectivity index (χ0) is 22.6. The van der Waals surface area contributed by atoms with Gasteiger partial charge in [-0.15, -0.1) is 0 Å². The summed E-state index contributed by atoms with van der Waals surface area (Å²) in [5.41, 5.74) is 1.81. The molecule has 0 radical (unpaired) electrons. The maximum atomic E-state index is 13.3. The van der Waals surface area contributed by atoms with Crippen LogP contribution in [0.2, 0.25) is 0 Å². The maximum absolute atomic E-state index is 13.3. The molecule has 2 fully saturated rings. The number of ether oxygens (including phenoxy) is 1. The number of anilines is 1. The molecule has 1 spiro atoms. The lowest BCUT2D eigenvalue weighted by Gasteiger charge is -2.49. The van der Waals surface area contributed by atoms with Crippen molar-refractivity contribution < 1.29 is 14.3 Å². The summed E-state index contributed by atoms with van der Waals surface area (Å²) in [5.74, 6) is -0.211. The van der Waals surface area contributed by atoms with E-state index in [0.29, 0.717) is 6.54 Å². The molecule has 2 aliphatic heterocycles. The minimum absolute atomic E-state index is 0.0780. The second kappa shape index (κ2) is 9.84. The van der Waals surface area contributed by atoms with Gasteiger partial charge in [0.05, 0.1) is 18.6 Å². The minimum Gasteiger partial charge on any atom is -0.359 e. The first-order valence-electron chi connectivity index (χ1n) is 11.5. The highest BCUT2D eigenvalue weighted by molar-refractivity contribution is 5.99. The fraction of sp³-hybridized carbons (Fsp3) is 0.462. The van der Waals surface area contributed by atoms with Crippen molar-refractivity contribution in [2.24, 2.45) is 0 Å². The molecule has 2 amide bonds. The van der Waals surface area contributed by atoms with E-state index in [9.17, 15) is 9.59 Å². The lowest BCUT2D eigenvalue weighted by atomic mass is 9.87. The molecule has 2 saturated heterocycles. The molecule has 0 N–H and O–H groups in total. The standard InChI is InChI=1S/C26H33N3O3/c1-27(2)24(30)19-23-25(31)29(22-11-7-4-8-12-22)20-26(32-23)14-17-28(18-15-26)16-13-21-9-5-3-6-10-21/h3-12,23H,13-20H2,1-2H3. The van der Waals surface area contributed by atoms with Gasteiger partial charge in [-0.2, -0.15) is 0 Å². The number of likely N-dealkylation sites (tertiary alicyclic amines) is 1. The number of hydrogen-bond acceptors (Lipinski definition) is 4. The summed E-state index contributed by atoms with van der Waals surface area (Å²) < 4.78 is 6.45. The molecular weight excluding hydrogens is 402 g/mol. The quantitative estimate of drug-likeness (QED) is 0.700. The van der Waals surface area contributed by atoms with Gasteiger partial charge in [-0.25, -0.2) is 0 Å². The molecule has 2 aliphatic rings. The van der Waals surface area contributed by atoms with E-state index in [1.165, 1.54) is 10.5 Å². The van der Waals surface area contributed by atoms with Crippen LogP contribution in [-0.2, 0) is 20.7 Å². The summed E-state index contributed by atoms with van der Waals surface area (Å²) in [6.07, 6.45) is 2.07. The number of nitrogens with zero attached hydrogens (tertiary/aromatic N) is 3. The van der Waals surface area contributed by atoms with Crippen molar-refractivity contribution in [1.29, 1.82) is 0 Å². The zero-order valence-electron chi connectivity index (χ0n) is 19.1. The smallest absolute Gasteiger partial charge is 0.256 e. The Labute approximate surface area is 190 Å². The van der Waals surface area contributed by atoms with Gasteiger partial charge in [0.15, 0.2) is 0 Å². The summed E-state index contributed by atoms with van der Waals surface area (Å²) in [5, 5.41) is 0. The van der Waals surface area contributed by atoms with E-state index in [4.69, 9.17) is 4.74 Å². The molecule has 0 aromatic heterocycles. The van der Waals surface area contributed by atoms with Crippen molar-refractivity contribution in [1.82, 2.24) is 9.80 Å².